The molecule has 4 aliphatic carbocycles. The van der Waals surface area contributed by atoms with E-state index in [1.807, 2.05) is 0 Å². The second-order valence-corrected chi connectivity index (χ2v) is 10.5. The van der Waals surface area contributed by atoms with Gasteiger partial charge in [-0.15, -0.1) is 0 Å². The van der Waals surface area contributed by atoms with Crippen molar-refractivity contribution in [2.75, 3.05) is 25.4 Å². The number of hydrogen-bond acceptors (Lipinski definition) is 3. The van der Waals surface area contributed by atoms with Crippen LogP contribution in [0.1, 0.15) is 51.4 Å². The topological polar surface area (TPSA) is 66.5 Å². The molecule has 0 atom stereocenters. The van der Waals surface area contributed by atoms with Crippen molar-refractivity contribution in [3.8, 4) is 0 Å². The fourth-order valence-electron chi connectivity index (χ4n) is 5.97. The fourth-order valence-corrected chi connectivity index (χ4v) is 7.40. The molecular weight excluding hydrogens is 312 g/mol. The van der Waals surface area contributed by atoms with Gasteiger partial charge in [-0.25, -0.2) is 12.7 Å². The van der Waals surface area contributed by atoms with Crippen LogP contribution in [0, 0.1) is 23.2 Å². The number of hydrogen-bond donors (Lipinski definition) is 1. The van der Waals surface area contributed by atoms with E-state index in [1.54, 1.807) is 4.31 Å². The van der Waals surface area contributed by atoms with Crippen molar-refractivity contribution in [2.24, 2.45) is 23.2 Å². The van der Waals surface area contributed by atoms with Gasteiger partial charge in [-0.3, -0.25) is 4.79 Å². The van der Waals surface area contributed by atoms with Gasteiger partial charge in [-0.1, -0.05) is 0 Å². The lowest BCUT2D eigenvalue weighted by atomic mass is 9.49. The van der Waals surface area contributed by atoms with Crippen LogP contribution in [0.3, 0.4) is 0 Å². The van der Waals surface area contributed by atoms with Crippen LogP contribution < -0.4 is 5.32 Å². The number of nitrogens with one attached hydrogen (secondary N) is 1. The minimum Gasteiger partial charge on any atom is -0.355 e. The van der Waals surface area contributed by atoms with Crippen molar-refractivity contribution < 1.29 is 13.2 Å². The maximum Gasteiger partial charge on any atom is 0.226 e. The first kappa shape index (κ1) is 15.9. The SMILES string of the molecule is O=C(NCCS(=O)(=O)N1CCCC1)C12CC3CC(CC(C3)C1)C2. The molecule has 0 aromatic carbocycles. The molecule has 5 aliphatic rings. The molecule has 1 aliphatic heterocycles. The molecule has 6 heteroatoms. The monoisotopic (exact) mass is 340 g/mol. The Balaban J connectivity index is 1.34. The molecule has 4 saturated carbocycles. The van der Waals surface area contributed by atoms with Crippen molar-refractivity contribution in [3.05, 3.63) is 0 Å². The van der Waals surface area contributed by atoms with E-state index in [0.717, 1.165) is 49.9 Å². The summed E-state index contributed by atoms with van der Waals surface area (Å²) in [7, 11) is -3.19. The van der Waals surface area contributed by atoms with E-state index in [4.69, 9.17) is 0 Å². The summed E-state index contributed by atoms with van der Waals surface area (Å²) >= 11 is 0. The highest BCUT2D eigenvalue weighted by Crippen LogP contribution is 2.60. The number of rotatable bonds is 5. The lowest BCUT2D eigenvalue weighted by Crippen LogP contribution is -2.54. The zero-order valence-electron chi connectivity index (χ0n) is 13.8. The van der Waals surface area contributed by atoms with Crippen LogP contribution in [0.4, 0.5) is 0 Å². The second-order valence-electron chi connectivity index (χ2n) is 8.38. The Morgan fingerprint density at radius 2 is 1.52 bits per heavy atom. The summed E-state index contributed by atoms with van der Waals surface area (Å²) in [5, 5.41) is 2.97. The summed E-state index contributed by atoms with van der Waals surface area (Å²) in [6, 6.07) is 0. The predicted molar refractivity (Wildman–Crippen MR) is 88.2 cm³/mol. The van der Waals surface area contributed by atoms with Gasteiger partial charge in [0.15, 0.2) is 0 Å². The van der Waals surface area contributed by atoms with Crippen LogP contribution >= 0.6 is 0 Å². The first-order valence-corrected chi connectivity index (χ1v) is 10.8. The van der Waals surface area contributed by atoms with E-state index in [9.17, 15) is 13.2 Å². The van der Waals surface area contributed by atoms with Gasteiger partial charge in [0.25, 0.3) is 0 Å². The number of nitrogens with zero attached hydrogens (tertiary/aromatic N) is 1. The van der Waals surface area contributed by atoms with Gasteiger partial charge in [-0.2, -0.15) is 0 Å². The average Bonchev–Trinajstić information content (AvgIpc) is 3.00. The Bertz CT molecular complexity index is 545. The van der Waals surface area contributed by atoms with E-state index in [1.165, 1.54) is 19.3 Å². The third kappa shape index (κ3) is 2.93. The molecule has 130 valence electrons. The summed E-state index contributed by atoms with van der Waals surface area (Å²) in [5.41, 5.74) is -0.174. The third-order valence-corrected chi connectivity index (χ3v) is 8.50. The van der Waals surface area contributed by atoms with Crippen molar-refractivity contribution in [1.29, 1.82) is 0 Å². The lowest BCUT2D eigenvalue weighted by molar-refractivity contribution is -0.146. The van der Waals surface area contributed by atoms with E-state index < -0.39 is 10.0 Å². The van der Waals surface area contributed by atoms with Gasteiger partial charge in [0, 0.05) is 25.0 Å². The van der Waals surface area contributed by atoms with Gasteiger partial charge in [0.2, 0.25) is 15.9 Å². The molecule has 1 saturated heterocycles. The van der Waals surface area contributed by atoms with Crippen LogP contribution in [0.15, 0.2) is 0 Å². The Hall–Kier alpha value is -0.620. The van der Waals surface area contributed by atoms with Gasteiger partial charge in [0.05, 0.1) is 5.75 Å². The van der Waals surface area contributed by atoms with Crippen molar-refractivity contribution in [3.63, 3.8) is 0 Å². The van der Waals surface area contributed by atoms with Crippen LogP contribution in [0.25, 0.3) is 0 Å². The van der Waals surface area contributed by atoms with Crippen LogP contribution in [-0.2, 0) is 14.8 Å². The quantitative estimate of drug-likeness (QED) is 0.829. The molecule has 4 bridgehead atoms. The van der Waals surface area contributed by atoms with Crippen molar-refractivity contribution >= 4 is 15.9 Å². The number of carbonyl (C=O) groups excluding carboxylic acids is 1. The molecule has 1 amide bonds. The molecule has 1 N–H and O–H groups in total. The summed E-state index contributed by atoms with van der Waals surface area (Å²) in [4.78, 5) is 12.8. The molecule has 5 nitrogen and oxygen atoms in total. The molecule has 23 heavy (non-hydrogen) atoms. The standard InChI is InChI=1S/C17H28N2O3S/c20-16(18-3-6-23(21,22)19-4-1-2-5-19)17-10-13-7-14(11-17)9-15(8-13)12-17/h13-15H,1-12H2,(H,18,20). The molecule has 0 aromatic heterocycles. The summed E-state index contributed by atoms with van der Waals surface area (Å²) in [5.74, 6) is 2.39. The fraction of sp³-hybridized carbons (Fsp3) is 0.941. The van der Waals surface area contributed by atoms with E-state index in [2.05, 4.69) is 5.32 Å². The summed E-state index contributed by atoms with van der Waals surface area (Å²) in [6.45, 7) is 1.55. The van der Waals surface area contributed by atoms with Gasteiger partial charge in [0.1, 0.15) is 0 Å². The van der Waals surface area contributed by atoms with E-state index in [-0.39, 0.29) is 23.6 Å². The third-order valence-electron chi connectivity index (χ3n) is 6.62. The van der Waals surface area contributed by atoms with Gasteiger partial charge in [-0.05, 0) is 69.1 Å². The molecular formula is C17H28N2O3S. The van der Waals surface area contributed by atoms with E-state index >= 15 is 0 Å². The zero-order chi connectivity index (χ0) is 16.1. The number of sulfonamides is 1. The largest absolute Gasteiger partial charge is 0.355 e. The Labute approximate surface area is 139 Å². The number of amides is 1. The van der Waals surface area contributed by atoms with Crippen LogP contribution in [0.2, 0.25) is 0 Å². The molecule has 5 rings (SSSR count). The Kier molecular flexibility index (Phi) is 3.95. The molecule has 1 heterocycles. The van der Waals surface area contributed by atoms with E-state index in [0.29, 0.717) is 13.1 Å². The lowest BCUT2D eigenvalue weighted by Gasteiger charge is -2.55. The first-order valence-electron chi connectivity index (χ1n) is 9.23. The van der Waals surface area contributed by atoms with Crippen LogP contribution in [0.5, 0.6) is 0 Å². The highest BCUT2D eigenvalue weighted by molar-refractivity contribution is 7.89. The molecule has 0 aromatic rings. The molecule has 0 spiro atoms. The predicted octanol–water partition coefficient (Wildman–Crippen LogP) is 1.74. The van der Waals surface area contributed by atoms with Gasteiger partial charge >= 0.3 is 0 Å². The van der Waals surface area contributed by atoms with Gasteiger partial charge < -0.3 is 5.32 Å². The maximum atomic E-state index is 12.8. The highest BCUT2D eigenvalue weighted by Gasteiger charge is 2.54. The average molecular weight is 340 g/mol. The maximum absolute atomic E-state index is 12.8. The smallest absolute Gasteiger partial charge is 0.226 e. The normalized spacial score (nSPS) is 39.7. The Morgan fingerprint density at radius 3 is 2.04 bits per heavy atom. The number of carbonyl (C=O) groups is 1. The molecule has 5 fully saturated rings. The summed E-state index contributed by atoms with van der Waals surface area (Å²) in [6.07, 6.45) is 8.95. The minimum absolute atomic E-state index is 0.0467. The van der Waals surface area contributed by atoms with Crippen LogP contribution in [-0.4, -0.2) is 44.0 Å². The summed E-state index contributed by atoms with van der Waals surface area (Å²) < 4.78 is 26.0. The first-order chi connectivity index (χ1) is 11.0. The van der Waals surface area contributed by atoms with Crippen molar-refractivity contribution in [1.82, 2.24) is 9.62 Å². The molecule has 0 unspecified atom stereocenters. The molecule has 0 radical (unpaired) electrons. The minimum atomic E-state index is -3.19. The highest BCUT2D eigenvalue weighted by atomic mass is 32.2. The Morgan fingerprint density at radius 1 is 1.00 bits per heavy atom. The second kappa shape index (κ2) is 5.73. The zero-order valence-corrected chi connectivity index (χ0v) is 14.6. The van der Waals surface area contributed by atoms with Crippen molar-refractivity contribution in [2.45, 2.75) is 51.4 Å².